The van der Waals surface area contributed by atoms with E-state index in [1.54, 1.807) is 0 Å². The van der Waals surface area contributed by atoms with E-state index in [4.69, 9.17) is 4.74 Å². The molecule has 4 heteroatoms. The fourth-order valence-electron chi connectivity index (χ4n) is 2.68. The number of nitrogens with one attached hydrogen (secondary N) is 1. The average molecular weight is 320 g/mol. The first-order valence-electron chi connectivity index (χ1n) is 8.10. The predicted octanol–water partition coefficient (Wildman–Crippen LogP) is 4.42. The Kier molecular flexibility index (Phi) is 5.06. The predicted molar refractivity (Wildman–Crippen MR) is 94.2 cm³/mol. The van der Waals surface area contributed by atoms with Crippen LogP contribution in [0.5, 0.6) is 5.75 Å². The Labute approximate surface area is 141 Å². The van der Waals surface area contributed by atoms with Crippen LogP contribution in [-0.2, 0) is 13.0 Å². The molecule has 0 saturated carbocycles. The average Bonchev–Trinajstić information content (AvgIpc) is 3.10. The lowest BCUT2D eigenvalue weighted by atomic mass is 10.0. The van der Waals surface area contributed by atoms with Crippen molar-refractivity contribution in [1.82, 2.24) is 10.2 Å². The third kappa shape index (κ3) is 3.54. The second-order valence-electron chi connectivity index (χ2n) is 5.67. The minimum absolute atomic E-state index is 0.478. The van der Waals surface area contributed by atoms with Gasteiger partial charge in [-0.05, 0) is 29.7 Å². The van der Waals surface area contributed by atoms with Gasteiger partial charge in [0.05, 0.1) is 17.5 Å². The van der Waals surface area contributed by atoms with Crippen LogP contribution in [-0.4, -0.2) is 16.5 Å². The number of ether oxygens (including phenoxy) is 1. The summed E-state index contributed by atoms with van der Waals surface area (Å²) in [5.74, 6) is 0.742. The van der Waals surface area contributed by atoms with Gasteiger partial charge in [-0.3, -0.25) is 9.89 Å². The molecule has 1 heterocycles. The van der Waals surface area contributed by atoms with Gasteiger partial charge in [-0.1, -0.05) is 49.7 Å². The first-order chi connectivity index (χ1) is 11.8. The van der Waals surface area contributed by atoms with Crippen molar-refractivity contribution >= 4 is 6.29 Å². The van der Waals surface area contributed by atoms with Crippen LogP contribution in [0.25, 0.3) is 11.3 Å². The highest BCUT2D eigenvalue weighted by Crippen LogP contribution is 2.32. The second-order valence-corrected chi connectivity index (χ2v) is 5.67. The van der Waals surface area contributed by atoms with Gasteiger partial charge in [0.1, 0.15) is 12.4 Å². The zero-order valence-corrected chi connectivity index (χ0v) is 13.7. The number of H-pyrrole nitrogens is 1. The largest absolute Gasteiger partial charge is 0.488 e. The van der Waals surface area contributed by atoms with Crippen LogP contribution in [0.1, 0.15) is 34.8 Å². The Bertz CT molecular complexity index is 810. The lowest BCUT2D eigenvalue weighted by Gasteiger charge is -2.13. The summed E-state index contributed by atoms with van der Waals surface area (Å²) in [5, 5.41) is 6.91. The number of carbonyl (C=O) groups is 1. The van der Waals surface area contributed by atoms with Gasteiger partial charge < -0.3 is 4.74 Å². The van der Waals surface area contributed by atoms with Crippen LogP contribution < -0.4 is 4.74 Å². The van der Waals surface area contributed by atoms with Crippen molar-refractivity contribution in [3.8, 4) is 17.0 Å². The molecule has 0 amide bonds. The maximum absolute atomic E-state index is 11.3. The molecule has 0 fully saturated rings. The lowest BCUT2D eigenvalue weighted by Crippen LogP contribution is -1.99. The number of carbonyl (C=O) groups excluding carboxylic acids is 1. The highest BCUT2D eigenvalue weighted by Gasteiger charge is 2.14. The Morgan fingerprint density at radius 1 is 1.12 bits per heavy atom. The highest BCUT2D eigenvalue weighted by molar-refractivity contribution is 5.87. The summed E-state index contributed by atoms with van der Waals surface area (Å²) in [7, 11) is 0. The first-order valence-corrected chi connectivity index (χ1v) is 8.10. The van der Waals surface area contributed by atoms with E-state index in [1.807, 2.05) is 36.4 Å². The van der Waals surface area contributed by atoms with E-state index in [2.05, 4.69) is 29.3 Å². The molecular weight excluding hydrogens is 300 g/mol. The van der Waals surface area contributed by atoms with E-state index in [-0.39, 0.29) is 0 Å². The molecule has 3 aromatic rings. The van der Waals surface area contributed by atoms with E-state index in [0.717, 1.165) is 36.0 Å². The number of benzene rings is 2. The van der Waals surface area contributed by atoms with Crippen LogP contribution in [0.2, 0.25) is 0 Å². The number of hydrogen-bond acceptors (Lipinski definition) is 3. The van der Waals surface area contributed by atoms with E-state index in [9.17, 15) is 4.79 Å². The number of aromatic nitrogens is 2. The summed E-state index contributed by atoms with van der Waals surface area (Å²) in [6.45, 7) is 2.62. The van der Waals surface area contributed by atoms with Gasteiger partial charge in [0.15, 0.2) is 6.29 Å². The van der Waals surface area contributed by atoms with Gasteiger partial charge in [0, 0.05) is 5.56 Å². The van der Waals surface area contributed by atoms with Crippen LogP contribution in [0.15, 0.2) is 54.7 Å². The second kappa shape index (κ2) is 7.59. The number of hydrogen-bond donors (Lipinski definition) is 1. The molecule has 0 atom stereocenters. The SMILES string of the molecule is CCCc1ccc(OCc2ccccc2)c(-c2[nH]ncc2C=O)c1. The molecule has 0 aliphatic rings. The zero-order valence-electron chi connectivity index (χ0n) is 13.7. The molecule has 1 aromatic heterocycles. The number of aldehydes is 1. The quantitative estimate of drug-likeness (QED) is 0.656. The van der Waals surface area contributed by atoms with Gasteiger partial charge >= 0.3 is 0 Å². The Morgan fingerprint density at radius 2 is 1.96 bits per heavy atom. The third-order valence-electron chi connectivity index (χ3n) is 3.88. The number of nitrogens with zero attached hydrogens (tertiary/aromatic N) is 1. The Hall–Kier alpha value is -2.88. The molecular formula is C20H20N2O2. The highest BCUT2D eigenvalue weighted by atomic mass is 16.5. The molecule has 1 N–H and O–H groups in total. The van der Waals surface area contributed by atoms with E-state index < -0.39 is 0 Å². The number of rotatable bonds is 7. The van der Waals surface area contributed by atoms with E-state index in [0.29, 0.717) is 17.9 Å². The van der Waals surface area contributed by atoms with Crippen molar-refractivity contribution in [1.29, 1.82) is 0 Å². The molecule has 0 aliphatic heterocycles. The van der Waals surface area contributed by atoms with Crippen LogP contribution >= 0.6 is 0 Å². The molecule has 2 aromatic carbocycles. The summed E-state index contributed by atoms with van der Waals surface area (Å²) >= 11 is 0. The Balaban J connectivity index is 1.94. The molecule has 0 unspecified atom stereocenters. The molecule has 0 saturated heterocycles. The van der Waals surface area contributed by atoms with Crippen LogP contribution in [0, 0.1) is 0 Å². The molecule has 4 nitrogen and oxygen atoms in total. The zero-order chi connectivity index (χ0) is 16.8. The number of aryl methyl sites for hydroxylation is 1. The van der Waals surface area contributed by atoms with Crippen molar-refractivity contribution in [2.45, 2.75) is 26.4 Å². The van der Waals surface area contributed by atoms with Gasteiger partial charge in [0.2, 0.25) is 0 Å². The topological polar surface area (TPSA) is 55.0 Å². The smallest absolute Gasteiger partial charge is 0.153 e. The van der Waals surface area contributed by atoms with Gasteiger partial charge in [0.25, 0.3) is 0 Å². The fourth-order valence-corrected chi connectivity index (χ4v) is 2.68. The summed E-state index contributed by atoms with van der Waals surface area (Å²) < 4.78 is 6.02. The van der Waals surface area contributed by atoms with Gasteiger partial charge in [-0.15, -0.1) is 0 Å². The minimum Gasteiger partial charge on any atom is -0.488 e. The van der Waals surface area contributed by atoms with Gasteiger partial charge in [-0.2, -0.15) is 5.10 Å². The van der Waals surface area contributed by atoms with Crippen molar-refractivity contribution in [3.63, 3.8) is 0 Å². The Morgan fingerprint density at radius 3 is 2.71 bits per heavy atom. The molecule has 122 valence electrons. The molecule has 0 spiro atoms. The van der Waals surface area contributed by atoms with Crippen molar-refractivity contribution < 1.29 is 9.53 Å². The maximum Gasteiger partial charge on any atom is 0.153 e. The maximum atomic E-state index is 11.3. The number of aromatic amines is 1. The fraction of sp³-hybridized carbons (Fsp3) is 0.200. The first kappa shape index (κ1) is 16.0. The van der Waals surface area contributed by atoms with Crippen molar-refractivity contribution in [3.05, 3.63) is 71.4 Å². The summed E-state index contributed by atoms with van der Waals surface area (Å²) in [5.41, 5.74) is 4.42. The molecule has 0 aliphatic carbocycles. The van der Waals surface area contributed by atoms with Crippen molar-refractivity contribution in [2.24, 2.45) is 0 Å². The molecule has 24 heavy (non-hydrogen) atoms. The van der Waals surface area contributed by atoms with E-state index >= 15 is 0 Å². The summed E-state index contributed by atoms with van der Waals surface area (Å²) in [6.07, 6.45) is 4.39. The molecule has 3 rings (SSSR count). The lowest BCUT2D eigenvalue weighted by molar-refractivity contribution is 0.112. The standard InChI is InChI=1S/C20H20N2O2/c1-2-6-15-9-10-19(24-14-16-7-4-3-5-8-16)18(11-15)20-17(13-23)12-21-22-20/h3-5,7-13H,2,6,14H2,1H3,(H,21,22). The molecule has 0 bridgehead atoms. The summed E-state index contributed by atoms with van der Waals surface area (Å²) in [4.78, 5) is 11.3. The summed E-state index contributed by atoms with van der Waals surface area (Å²) in [6, 6.07) is 16.1. The van der Waals surface area contributed by atoms with Crippen LogP contribution in [0.3, 0.4) is 0 Å². The monoisotopic (exact) mass is 320 g/mol. The van der Waals surface area contributed by atoms with Crippen molar-refractivity contribution in [2.75, 3.05) is 0 Å². The third-order valence-corrected chi connectivity index (χ3v) is 3.88. The minimum atomic E-state index is 0.478. The normalized spacial score (nSPS) is 10.5. The van der Waals surface area contributed by atoms with E-state index in [1.165, 1.54) is 11.8 Å². The molecule has 0 radical (unpaired) electrons. The van der Waals surface area contributed by atoms with Crippen LogP contribution in [0.4, 0.5) is 0 Å². The van der Waals surface area contributed by atoms with Gasteiger partial charge in [-0.25, -0.2) is 0 Å².